The Kier molecular flexibility index (Phi) is 12.8. The van der Waals surface area contributed by atoms with Crippen LogP contribution in [0.3, 0.4) is 0 Å². The predicted molar refractivity (Wildman–Crippen MR) is 188 cm³/mol. The number of ether oxygens (including phenoxy) is 2. The topological polar surface area (TPSA) is 151 Å². The van der Waals surface area contributed by atoms with Crippen molar-refractivity contribution < 1.29 is 65.2 Å². The van der Waals surface area contributed by atoms with Crippen molar-refractivity contribution in [1.29, 1.82) is 0 Å². The van der Waals surface area contributed by atoms with E-state index in [-0.39, 0.29) is 11.5 Å². The molecule has 0 saturated heterocycles. The lowest BCUT2D eigenvalue weighted by Gasteiger charge is -2.27. The van der Waals surface area contributed by atoms with E-state index in [1.165, 1.54) is 36.4 Å². The van der Waals surface area contributed by atoms with Crippen LogP contribution in [0.25, 0.3) is 0 Å². The number of amides is 2. The highest BCUT2D eigenvalue weighted by molar-refractivity contribution is 6.01. The molecular formula is C39H32F6N2O8. The van der Waals surface area contributed by atoms with Crippen LogP contribution >= 0.6 is 0 Å². The lowest BCUT2D eigenvalue weighted by molar-refractivity contribution is -0.138. The molecule has 0 aliphatic heterocycles. The van der Waals surface area contributed by atoms with Gasteiger partial charge in [-0.2, -0.15) is 26.3 Å². The molecule has 0 aliphatic rings. The molecule has 0 unspecified atom stereocenters. The molecule has 288 valence electrons. The summed E-state index contributed by atoms with van der Waals surface area (Å²) < 4.78 is 96.1. The maximum atomic E-state index is 14.2. The van der Waals surface area contributed by atoms with Crippen molar-refractivity contribution >= 4 is 35.1 Å². The number of halogens is 6. The van der Waals surface area contributed by atoms with Gasteiger partial charge in [0.25, 0.3) is 0 Å². The van der Waals surface area contributed by atoms with Gasteiger partial charge in [0.1, 0.15) is 34.1 Å². The van der Waals surface area contributed by atoms with Crippen LogP contribution in [0.5, 0.6) is 23.0 Å². The fourth-order valence-electron chi connectivity index (χ4n) is 5.21. The zero-order valence-corrected chi connectivity index (χ0v) is 28.9. The van der Waals surface area contributed by atoms with Gasteiger partial charge in [-0.25, -0.2) is 0 Å². The summed E-state index contributed by atoms with van der Waals surface area (Å²) in [4.78, 5) is 45.6. The second-order valence-corrected chi connectivity index (χ2v) is 12.2. The fraction of sp³-hybridized carbons (Fsp3) is 0.179. The number of hydrogen-bond donors (Lipinski definition) is 4. The largest absolute Gasteiger partial charge is 0.481 e. The molecule has 0 radical (unpaired) electrons. The molecule has 2 amide bonds. The summed E-state index contributed by atoms with van der Waals surface area (Å²) in [5.41, 5.74) is -3.07. The monoisotopic (exact) mass is 770 g/mol. The molecule has 0 fully saturated rings. The van der Waals surface area contributed by atoms with Crippen molar-refractivity contribution in [2.75, 3.05) is 10.6 Å². The van der Waals surface area contributed by atoms with Gasteiger partial charge in [-0.15, -0.1) is 0 Å². The summed E-state index contributed by atoms with van der Waals surface area (Å²) in [6.45, 7) is 3.69. The number of carboxylic acids is 2. The average Bonchev–Trinajstić information content (AvgIpc) is 3.07. The van der Waals surface area contributed by atoms with Crippen molar-refractivity contribution in [3.8, 4) is 23.0 Å². The number of carbonyl (C=O) groups is 4. The zero-order valence-electron chi connectivity index (χ0n) is 28.9. The molecule has 0 heterocycles. The van der Waals surface area contributed by atoms with E-state index in [0.29, 0.717) is 11.1 Å². The van der Waals surface area contributed by atoms with Crippen LogP contribution in [-0.4, -0.2) is 34.0 Å². The highest BCUT2D eigenvalue weighted by Crippen LogP contribution is 2.45. The Labute approximate surface area is 309 Å². The van der Waals surface area contributed by atoms with E-state index < -0.39 is 88.4 Å². The number of benzene rings is 4. The number of carboxylic acid groups (broad SMARTS) is 2. The maximum Gasteiger partial charge on any atom is 0.421 e. The molecule has 10 nitrogen and oxygen atoms in total. The van der Waals surface area contributed by atoms with Crippen LogP contribution in [0.15, 0.2) is 109 Å². The van der Waals surface area contributed by atoms with Crippen LogP contribution in [0, 0.1) is 0 Å². The van der Waals surface area contributed by atoms with Gasteiger partial charge in [-0.1, -0.05) is 62.4 Å². The number of aliphatic carboxylic acids is 2. The van der Waals surface area contributed by atoms with Crippen molar-refractivity contribution in [2.45, 2.75) is 44.5 Å². The second-order valence-electron chi connectivity index (χ2n) is 12.2. The Morgan fingerprint density at radius 3 is 1.24 bits per heavy atom. The molecule has 4 rings (SSSR count). The summed E-state index contributed by atoms with van der Waals surface area (Å²) in [5, 5.41) is 21.6. The lowest BCUT2D eigenvalue weighted by Crippen LogP contribution is -2.18. The first kappa shape index (κ1) is 41.2. The quantitative estimate of drug-likeness (QED) is 0.0731. The van der Waals surface area contributed by atoms with E-state index >= 15 is 0 Å². The Bertz CT molecular complexity index is 1960. The first-order chi connectivity index (χ1) is 25.8. The van der Waals surface area contributed by atoms with Gasteiger partial charge in [-0.3, -0.25) is 19.2 Å². The predicted octanol–water partition coefficient (Wildman–Crippen LogP) is 9.57. The van der Waals surface area contributed by atoms with Gasteiger partial charge in [0.2, 0.25) is 11.8 Å². The zero-order chi connectivity index (χ0) is 40.6. The van der Waals surface area contributed by atoms with E-state index in [1.54, 1.807) is 24.3 Å². The van der Waals surface area contributed by atoms with Gasteiger partial charge < -0.3 is 30.3 Å². The highest BCUT2D eigenvalue weighted by atomic mass is 19.4. The average molecular weight is 771 g/mol. The highest BCUT2D eigenvalue weighted by Gasteiger charge is 2.39. The first-order valence-corrected chi connectivity index (χ1v) is 16.1. The third-order valence-corrected chi connectivity index (χ3v) is 7.87. The van der Waals surface area contributed by atoms with Gasteiger partial charge in [0.15, 0.2) is 0 Å². The molecule has 16 heteroatoms. The summed E-state index contributed by atoms with van der Waals surface area (Å²) in [6.07, 6.45) is -7.30. The van der Waals surface area contributed by atoms with Crippen LogP contribution in [-0.2, 0) is 36.9 Å². The Morgan fingerprint density at radius 2 is 0.927 bits per heavy atom. The lowest BCUT2D eigenvalue weighted by atomic mass is 9.78. The third kappa shape index (κ3) is 11.2. The van der Waals surface area contributed by atoms with Gasteiger partial charge in [0.05, 0.1) is 24.2 Å². The van der Waals surface area contributed by atoms with E-state index in [9.17, 15) is 45.5 Å². The Balaban J connectivity index is 1.52. The molecular weight excluding hydrogens is 738 g/mol. The van der Waals surface area contributed by atoms with E-state index in [1.807, 2.05) is 13.8 Å². The van der Waals surface area contributed by atoms with Crippen molar-refractivity contribution in [2.24, 2.45) is 0 Å². The van der Waals surface area contributed by atoms with Crippen molar-refractivity contribution in [1.82, 2.24) is 0 Å². The third-order valence-electron chi connectivity index (χ3n) is 7.87. The Hall–Kier alpha value is -6.58. The van der Waals surface area contributed by atoms with Gasteiger partial charge in [-0.05, 0) is 71.8 Å². The van der Waals surface area contributed by atoms with Crippen molar-refractivity contribution in [3.63, 3.8) is 0 Å². The summed E-state index contributed by atoms with van der Waals surface area (Å²) >= 11 is 0. The molecule has 0 spiro atoms. The van der Waals surface area contributed by atoms with Crippen LogP contribution in [0.2, 0.25) is 0 Å². The smallest absolute Gasteiger partial charge is 0.421 e. The fourth-order valence-corrected chi connectivity index (χ4v) is 5.21. The van der Waals surface area contributed by atoms with E-state index in [2.05, 4.69) is 10.6 Å². The molecule has 0 saturated carbocycles. The first-order valence-electron chi connectivity index (χ1n) is 16.1. The maximum absolute atomic E-state index is 14.2. The number of carbonyl (C=O) groups excluding carboxylic acids is 2. The number of anilines is 2. The minimum Gasteiger partial charge on any atom is -0.481 e. The SMILES string of the molecule is CC(C)(c1ccc(Oc2cccc(NC(=O)C=CCC(=O)O)c2C(F)(F)F)cc1)c1ccc(Oc2cccc(NC(=O)C=CCC(=O)O)c2C(F)(F)F)cc1. The van der Waals surface area contributed by atoms with E-state index in [0.717, 1.165) is 48.6 Å². The molecule has 55 heavy (non-hydrogen) atoms. The Morgan fingerprint density at radius 1 is 0.582 bits per heavy atom. The molecule has 0 aliphatic carbocycles. The van der Waals surface area contributed by atoms with Gasteiger partial charge >= 0.3 is 24.3 Å². The van der Waals surface area contributed by atoms with Gasteiger partial charge in [0, 0.05) is 5.41 Å². The normalized spacial score (nSPS) is 12.1. The molecule has 4 aromatic rings. The molecule has 0 atom stereocenters. The summed E-state index contributed by atoms with van der Waals surface area (Å²) in [5.74, 6) is -5.52. The molecule has 0 aromatic heterocycles. The van der Waals surface area contributed by atoms with Crippen LogP contribution in [0.1, 0.15) is 48.9 Å². The number of hydrogen-bond acceptors (Lipinski definition) is 6. The van der Waals surface area contributed by atoms with Crippen LogP contribution in [0.4, 0.5) is 37.7 Å². The number of rotatable bonds is 14. The molecule has 4 aromatic carbocycles. The number of nitrogens with one attached hydrogen (secondary N) is 2. The van der Waals surface area contributed by atoms with E-state index in [4.69, 9.17) is 19.7 Å². The summed E-state index contributed by atoms with van der Waals surface area (Å²) in [6, 6.07) is 19.0. The van der Waals surface area contributed by atoms with Crippen LogP contribution < -0.4 is 20.1 Å². The molecule has 0 bridgehead atoms. The molecule has 4 N–H and O–H groups in total. The second kappa shape index (κ2) is 17.0. The standard InChI is InChI=1S/C39H32F6N2O8/c1-37(2,23-15-19-25(20-16-23)54-29-9-3-7-27(35(29)38(40,41)42)46-31(48)11-5-13-33(50)51)24-17-21-26(22-18-24)55-30-10-4-8-28(36(30)39(43,44)45)47-32(49)12-6-14-34(52)53/h3-12,15-22H,13-14H2,1-2H3,(H,46,48)(H,47,49)(H,50,51)(H,52,53). The van der Waals surface area contributed by atoms with Crippen molar-refractivity contribution in [3.05, 3.63) is 131 Å². The minimum atomic E-state index is -4.95. The summed E-state index contributed by atoms with van der Waals surface area (Å²) in [7, 11) is 0. The minimum absolute atomic E-state index is 0.0359. The number of alkyl halides is 6.